The van der Waals surface area contributed by atoms with E-state index in [2.05, 4.69) is 27.7 Å². The molecule has 0 aliphatic rings. The summed E-state index contributed by atoms with van der Waals surface area (Å²) in [5.74, 6) is -52.1. The molecule has 0 aromatic rings. The van der Waals surface area contributed by atoms with Gasteiger partial charge in [-0.05, 0) is 27.7 Å². The van der Waals surface area contributed by atoms with Gasteiger partial charge in [-0.15, -0.1) is 0 Å². The zero-order valence-corrected chi connectivity index (χ0v) is 20.2. The van der Waals surface area contributed by atoms with Crippen molar-refractivity contribution in [3.05, 3.63) is 0 Å². The summed E-state index contributed by atoms with van der Waals surface area (Å²) in [6.07, 6.45) is -7.89. The molecule has 0 bridgehead atoms. The predicted octanol–water partition coefficient (Wildman–Crippen LogP) is 6.38. The summed E-state index contributed by atoms with van der Waals surface area (Å²) in [5.41, 5.74) is 0. The first-order valence-corrected chi connectivity index (χ1v) is 11.2. The fourth-order valence-corrected chi connectivity index (χ4v) is 3.09. The topological polar surface area (TPSA) is 57.2 Å². The summed E-state index contributed by atoms with van der Waals surface area (Å²) in [4.78, 5) is 0. The number of alkyl halides is 17. The zero-order valence-electron chi connectivity index (χ0n) is 19.3. The van der Waals surface area contributed by atoms with Crippen molar-refractivity contribution in [2.75, 3.05) is 26.2 Å². The van der Waals surface area contributed by atoms with E-state index < -0.39 is 57.1 Å². The van der Waals surface area contributed by atoms with Gasteiger partial charge >= 0.3 is 47.0 Å². The Morgan fingerprint density at radius 1 is 0.474 bits per heavy atom. The van der Waals surface area contributed by atoms with Crippen molar-refractivity contribution in [3.8, 4) is 0 Å². The molecule has 0 fully saturated rings. The third-order valence-corrected chi connectivity index (χ3v) is 6.57. The maximum absolute atomic E-state index is 13.0. The van der Waals surface area contributed by atoms with Gasteiger partial charge in [-0.3, -0.25) is 0 Å². The number of hydrogen-bond acceptors (Lipinski definition) is 3. The Labute approximate surface area is 204 Å². The third kappa shape index (κ3) is 5.75. The largest absolute Gasteiger partial charge is 0.743 e. The van der Waals surface area contributed by atoms with Crippen LogP contribution in [0.2, 0.25) is 0 Å². The van der Waals surface area contributed by atoms with E-state index in [0.717, 1.165) is 0 Å². The van der Waals surface area contributed by atoms with E-state index in [0.29, 0.717) is 0 Å². The van der Waals surface area contributed by atoms with Gasteiger partial charge in [-0.1, -0.05) is 0 Å². The lowest BCUT2D eigenvalue weighted by molar-refractivity contribution is -0.921. The molecule has 0 heterocycles. The van der Waals surface area contributed by atoms with Crippen LogP contribution in [0.25, 0.3) is 0 Å². The van der Waals surface area contributed by atoms with Crippen LogP contribution in [-0.2, 0) is 10.1 Å². The number of hydrogen-bond donors (Lipinski definition) is 0. The maximum atomic E-state index is 13.0. The molecule has 0 amide bonds. The van der Waals surface area contributed by atoms with Crippen LogP contribution in [0.1, 0.15) is 27.7 Å². The Kier molecular flexibility index (Phi) is 11.2. The van der Waals surface area contributed by atoms with Gasteiger partial charge in [0, 0.05) is 0 Å². The highest BCUT2D eigenvalue weighted by molar-refractivity contribution is 7.86. The minimum absolute atomic E-state index is 1.28. The molecular weight excluding hydrogens is 609 g/mol. The van der Waals surface area contributed by atoms with Crippen molar-refractivity contribution >= 4 is 10.1 Å². The van der Waals surface area contributed by atoms with Gasteiger partial charge in [0.1, 0.15) is 0 Å². The summed E-state index contributed by atoms with van der Waals surface area (Å²) < 4.78 is 245. The highest BCUT2D eigenvalue weighted by Gasteiger charge is 2.95. The van der Waals surface area contributed by atoms with Crippen LogP contribution in [0, 0.1) is 0 Å². The van der Waals surface area contributed by atoms with Crippen LogP contribution in [-0.4, -0.2) is 90.6 Å². The molecule has 0 rings (SSSR count). The SMILES string of the molecule is CC[N+](CC)(CC)CC.O=S(=O)([O-])C(F)(F)C(F)(F)C(F)(F)C(F)(F)C(F)(F)C(F)(F)C(F)(F)C(F)(F)F. The lowest BCUT2D eigenvalue weighted by Crippen LogP contribution is -2.75. The van der Waals surface area contributed by atoms with Crippen molar-refractivity contribution < 1.29 is 92.1 Å². The molecule has 0 aliphatic heterocycles. The van der Waals surface area contributed by atoms with Crippen molar-refractivity contribution in [2.45, 2.75) is 74.7 Å². The molecular formula is C16H20F17NO3S. The summed E-state index contributed by atoms with van der Waals surface area (Å²) >= 11 is 0. The van der Waals surface area contributed by atoms with Crippen molar-refractivity contribution in [3.63, 3.8) is 0 Å². The van der Waals surface area contributed by atoms with E-state index in [9.17, 15) is 87.6 Å². The van der Waals surface area contributed by atoms with E-state index in [1.54, 1.807) is 0 Å². The van der Waals surface area contributed by atoms with Crippen molar-refractivity contribution in [2.24, 2.45) is 0 Å². The molecule has 0 aromatic carbocycles. The van der Waals surface area contributed by atoms with E-state index in [1.807, 2.05) is 0 Å². The van der Waals surface area contributed by atoms with Gasteiger partial charge < -0.3 is 9.04 Å². The molecule has 4 nitrogen and oxygen atoms in total. The van der Waals surface area contributed by atoms with Gasteiger partial charge in [0.2, 0.25) is 0 Å². The molecule has 0 radical (unpaired) electrons. The lowest BCUT2D eigenvalue weighted by Gasteiger charge is -2.42. The monoisotopic (exact) mass is 629 g/mol. The Morgan fingerprint density at radius 2 is 0.684 bits per heavy atom. The van der Waals surface area contributed by atoms with Gasteiger partial charge in [-0.25, -0.2) is 8.42 Å². The van der Waals surface area contributed by atoms with E-state index in [-0.39, 0.29) is 0 Å². The standard InChI is InChI=1S/C8HF17O3S.C8H20N/c9-1(10,3(13,14)5(17,18)7(21,22)23)2(11,12)4(15,16)6(19,20)8(24,25)29(26,27)28;1-5-9(6-2,7-3)8-4/h(H,26,27,28);5-8H2,1-4H3/q;+1/p-1. The Morgan fingerprint density at radius 3 is 0.842 bits per heavy atom. The molecule has 232 valence electrons. The number of nitrogens with zero attached hydrogens (tertiary/aromatic N) is 1. The minimum Gasteiger partial charge on any atom is -0.743 e. The van der Waals surface area contributed by atoms with Gasteiger partial charge in [0.25, 0.3) is 0 Å². The van der Waals surface area contributed by atoms with Crippen molar-refractivity contribution in [1.29, 1.82) is 0 Å². The summed E-state index contributed by atoms with van der Waals surface area (Å²) in [6.45, 7) is 14.2. The van der Waals surface area contributed by atoms with E-state index in [1.165, 1.54) is 30.7 Å². The fraction of sp³-hybridized carbons (Fsp3) is 1.00. The molecule has 38 heavy (non-hydrogen) atoms. The van der Waals surface area contributed by atoms with E-state index >= 15 is 0 Å². The smallest absolute Gasteiger partial charge is 0.460 e. The summed E-state index contributed by atoms with van der Waals surface area (Å²) in [6, 6.07) is 0. The second kappa shape index (κ2) is 10.9. The van der Waals surface area contributed by atoms with Crippen LogP contribution in [0.3, 0.4) is 0 Å². The Balaban J connectivity index is 0. The lowest BCUT2D eigenvalue weighted by atomic mass is 9.91. The number of halogens is 17. The zero-order chi connectivity index (χ0) is 31.8. The van der Waals surface area contributed by atoms with Crippen LogP contribution in [0.15, 0.2) is 0 Å². The second-order valence-corrected chi connectivity index (χ2v) is 8.94. The number of rotatable bonds is 11. The molecule has 0 aliphatic carbocycles. The molecule has 0 saturated heterocycles. The molecule has 0 aromatic heterocycles. The van der Waals surface area contributed by atoms with Crippen LogP contribution in [0.5, 0.6) is 0 Å². The molecule has 0 unspecified atom stereocenters. The maximum Gasteiger partial charge on any atom is 0.460 e. The predicted molar refractivity (Wildman–Crippen MR) is 92.8 cm³/mol. The second-order valence-electron chi connectivity index (χ2n) is 7.52. The Bertz CT molecular complexity index is 878. The van der Waals surface area contributed by atoms with Gasteiger partial charge in [0.05, 0.1) is 26.2 Å². The highest BCUT2D eigenvalue weighted by Crippen LogP contribution is 2.64. The normalized spacial score (nSPS) is 15.7. The quantitative estimate of drug-likeness (QED) is 0.152. The first kappa shape index (κ1) is 38.8. The average Bonchev–Trinajstić information content (AvgIpc) is 2.73. The molecule has 0 saturated carbocycles. The first-order valence-electron chi connectivity index (χ1n) is 9.76. The van der Waals surface area contributed by atoms with Gasteiger partial charge in [-0.2, -0.15) is 74.6 Å². The Hall–Kier alpha value is -1.32. The van der Waals surface area contributed by atoms with Gasteiger partial charge in [0.15, 0.2) is 10.1 Å². The van der Waals surface area contributed by atoms with Crippen LogP contribution < -0.4 is 0 Å². The van der Waals surface area contributed by atoms with Crippen LogP contribution in [0.4, 0.5) is 74.6 Å². The van der Waals surface area contributed by atoms with Crippen LogP contribution >= 0.6 is 0 Å². The van der Waals surface area contributed by atoms with E-state index in [4.69, 9.17) is 0 Å². The third-order valence-electron chi connectivity index (χ3n) is 5.69. The van der Waals surface area contributed by atoms with Crippen molar-refractivity contribution in [1.82, 2.24) is 0 Å². The number of quaternary nitrogens is 1. The summed E-state index contributed by atoms with van der Waals surface area (Å²) in [5, 5.41) is -7.95. The molecule has 22 heteroatoms. The molecule has 0 atom stereocenters. The summed E-state index contributed by atoms with van der Waals surface area (Å²) in [7, 11) is -8.14. The highest BCUT2D eigenvalue weighted by atomic mass is 32.2. The average molecular weight is 629 g/mol. The molecule has 0 spiro atoms. The fourth-order valence-electron chi connectivity index (χ4n) is 2.65. The molecule has 0 N–H and O–H groups in total. The minimum atomic E-state index is -8.92. The first-order chi connectivity index (χ1) is 16.2.